The van der Waals surface area contributed by atoms with Crippen molar-refractivity contribution in [1.29, 1.82) is 0 Å². The van der Waals surface area contributed by atoms with E-state index in [0.717, 1.165) is 11.1 Å². The summed E-state index contributed by atoms with van der Waals surface area (Å²) in [6.45, 7) is 4.51. The average molecular weight is 367 g/mol. The number of carbonyl (C=O) groups is 1. The molecule has 0 bridgehead atoms. The fourth-order valence-electron chi connectivity index (χ4n) is 3.08. The highest BCUT2D eigenvalue weighted by Gasteiger charge is 2.27. The number of hydrogen-bond donors (Lipinski definition) is 0. The van der Waals surface area contributed by atoms with Crippen LogP contribution in [0.25, 0.3) is 0 Å². The number of pyridine rings is 1. The van der Waals surface area contributed by atoms with Gasteiger partial charge in [0.05, 0.1) is 12.6 Å². The number of fused-ring (bicyclic) bond motifs is 1. The molecule has 0 spiro atoms. The Morgan fingerprint density at radius 2 is 2.04 bits per heavy atom. The van der Waals surface area contributed by atoms with E-state index in [-0.39, 0.29) is 18.3 Å². The zero-order valence-corrected chi connectivity index (χ0v) is 14.6. The first-order chi connectivity index (χ1) is 11.9. The molecular weight excluding hydrogens is 350 g/mol. The molecule has 4 nitrogen and oxygen atoms in total. The second kappa shape index (κ2) is 6.96. The highest BCUT2D eigenvalue weighted by molar-refractivity contribution is 6.31. The molecular formula is C18H17ClF2N2O2. The third kappa shape index (κ3) is 3.31. The average Bonchev–Trinajstić information content (AvgIpc) is 2.59. The van der Waals surface area contributed by atoms with Gasteiger partial charge in [-0.25, -0.2) is 18.6 Å². The molecule has 1 aliphatic heterocycles. The molecule has 0 saturated carbocycles. The van der Waals surface area contributed by atoms with E-state index in [1.165, 1.54) is 12.1 Å². The Bertz CT molecular complexity index is 806. The molecule has 0 fully saturated rings. The minimum absolute atomic E-state index is 0.146. The number of esters is 1. The van der Waals surface area contributed by atoms with Crippen molar-refractivity contribution in [2.45, 2.75) is 26.3 Å². The maximum atomic E-state index is 13.8. The monoisotopic (exact) mass is 366 g/mol. The van der Waals surface area contributed by atoms with Crippen molar-refractivity contribution in [3.63, 3.8) is 0 Å². The first-order valence-corrected chi connectivity index (χ1v) is 8.37. The van der Waals surface area contributed by atoms with E-state index in [9.17, 15) is 13.6 Å². The van der Waals surface area contributed by atoms with Gasteiger partial charge in [0.15, 0.2) is 0 Å². The number of nitrogens with zero attached hydrogens (tertiary/aromatic N) is 2. The van der Waals surface area contributed by atoms with Crippen LogP contribution in [0.4, 0.5) is 14.5 Å². The number of rotatable bonds is 3. The van der Waals surface area contributed by atoms with Gasteiger partial charge in [0.2, 0.25) is 0 Å². The van der Waals surface area contributed by atoms with Gasteiger partial charge in [0.1, 0.15) is 22.4 Å². The number of anilines is 1. The summed E-state index contributed by atoms with van der Waals surface area (Å²) in [6, 6.07) is 4.04. The Morgan fingerprint density at radius 3 is 2.68 bits per heavy atom. The summed E-state index contributed by atoms with van der Waals surface area (Å²) in [6.07, 6.45) is 2.25. The predicted molar refractivity (Wildman–Crippen MR) is 91.0 cm³/mol. The van der Waals surface area contributed by atoms with E-state index in [0.29, 0.717) is 18.7 Å². The Hall–Kier alpha value is -2.21. The van der Waals surface area contributed by atoms with E-state index < -0.39 is 22.6 Å². The van der Waals surface area contributed by atoms with E-state index in [1.807, 2.05) is 11.8 Å². The maximum absolute atomic E-state index is 13.8. The molecule has 1 aliphatic rings. The molecule has 2 heterocycles. The van der Waals surface area contributed by atoms with Crippen LogP contribution in [-0.4, -0.2) is 24.1 Å². The highest BCUT2D eigenvalue weighted by atomic mass is 35.5. The van der Waals surface area contributed by atoms with Crippen molar-refractivity contribution in [3.05, 3.63) is 57.9 Å². The van der Waals surface area contributed by atoms with E-state index in [1.54, 1.807) is 19.2 Å². The molecule has 0 amide bonds. The Balaban J connectivity index is 1.91. The summed E-state index contributed by atoms with van der Waals surface area (Å²) in [5.41, 5.74) is 2.59. The van der Waals surface area contributed by atoms with Crippen LogP contribution in [-0.2, 0) is 11.2 Å². The summed E-state index contributed by atoms with van der Waals surface area (Å²) in [5, 5.41) is -0.505. The number of aromatic nitrogens is 1. The molecule has 7 heteroatoms. The largest absolute Gasteiger partial charge is 0.461 e. The summed E-state index contributed by atoms with van der Waals surface area (Å²) in [4.78, 5) is 17.9. The summed E-state index contributed by atoms with van der Waals surface area (Å²) < 4.78 is 32.5. The topological polar surface area (TPSA) is 42.4 Å². The van der Waals surface area contributed by atoms with Crippen LogP contribution in [0.5, 0.6) is 0 Å². The molecule has 1 unspecified atom stereocenters. The van der Waals surface area contributed by atoms with Gasteiger partial charge in [-0.2, -0.15) is 0 Å². The van der Waals surface area contributed by atoms with Gasteiger partial charge in [-0.3, -0.25) is 0 Å². The van der Waals surface area contributed by atoms with Crippen molar-refractivity contribution in [2.24, 2.45) is 0 Å². The molecule has 1 aromatic carbocycles. The lowest BCUT2D eigenvalue weighted by Crippen LogP contribution is -2.34. The number of benzene rings is 1. The molecule has 2 aromatic rings. The van der Waals surface area contributed by atoms with Crippen LogP contribution in [0, 0.1) is 11.6 Å². The lowest BCUT2D eigenvalue weighted by Gasteiger charge is -2.37. The van der Waals surface area contributed by atoms with E-state index in [4.69, 9.17) is 16.3 Å². The lowest BCUT2D eigenvalue weighted by atomic mass is 9.94. The van der Waals surface area contributed by atoms with Crippen molar-refractivity contribution in [3.8, 4) is 0 Å². The third-order valence-corrected chi connectivity index (χ3v) is 4.71. The second-order valence-corrected chi connectivity index (χ2v) is 6.21. The van der Waals surface area contributed by atoms with Gasteiger partial charge < -0.3 is 9.64 Å². The van der Waals surface area contributed by atoms with Gasteiger partial charge >= 0.3 is 5.97 Å². The lowest BCUT2D eigenvalue weighted by molar-refractivity contribution is 0.0519. The van der Waals surface area contributed by atoms with Gasteiger partial charge in [-0.05, 0) is 49.6 Å². The van der Waals surface area contributed by atoms with Crippen LogP contribution >= 0.6 is 11.6 Å². The van der Waals surface area contributed by atoms with Crippen LogP contribution in [0.2, 0.25) is 5.02 Å². The molecule has 0 N–H and O–H groups in total. The summed E-state index contributed by atoms with van der Waals surface area (Å²) >= 11 is 5.56. The zero-order chi connectivity index (χ0) is 18.1. The first-order valence-electron chi connectivity index (χ1n) is 7.99. The number of hydrogen-bond acceptors (Lipinski definition) is 4. The maximum Gasteiger partial charge on any atom is 0.356 e. The fourth-order valence-corrected chi connectivity index (χ4v) is 3.19. The number of carbonyl (C=O) groups excluding carboxylic acids is 1. The van der Waals surface area contributed by atoms with Crippen molar-refractivity contribution < 1.29 is 18.3 Å². The second-order valence-electron chi connectivity index (χ2n) is 5.83. The molecule has 1 atom stereocenters. The normalized spacial score (nSPS) is 16.5. The zero-order valence-electron chi connectivity index (χ0n) is 13.9. The molecule has 0 saturated heterocycles. The fraction of sp³-hybridized carbons (Fsp3) is 0.333. The molecule has 3 rings (SSSR count). The van der Waals surface area contributed by atoms with E-state index >= 15 is 0 Å². The predicted octanol–water partition coefficient (Wildman–Crippen LogP) is 4.31. The smallest absolute Gasteiger partial charge is 0.356 e. The van der Waals surface area contributed by atoms with Crippen molar-refractivity contribution >= 4 is 23.3 Å². The SMILES string of the molecule is CCOC(=O)c1cc2c(cn1)C(C)N(c1cc(F)c(Cl)c(F)c1)CC2. The minimum Gasteiger partial charge on any atom is -0.461 e. The molecule has 0 radical (unpaired) electrons. The van der Waals surface area contributed by atoms with Crippen molar-refractivity contribution in [1.82, 2.24) is 4.98 Å². The van der Waals surface area contributed by atoms with Crippen LogP contribution in [0.15, 0.2) is 24.4 Å². The molecule has 132 valence electrons. The first kappa shape index (κ1) is 17.6. The Morgan fingerprint density at radius 1 is 1.36 bits per heavy atom. The Kier molecular flexibility index (Phi) is 4.90. The molecule has 1 aromatic heterocycles. The van der Waals surface area contributed by atoms with Crippen LogP contribution in [0.1, 0.15) is 41.5 Å². The van der Waals surface area contributed by atoms with Crippen LogP contribution in [0.3, 0.4) is 0 Å². The van der Waals surface area contributed by atoms with Gasteiger partial charge in [-0.1, -0.05) is 11.6 Å². The van der Waals surface area contributed by atoms with Gasteiger partial charge in [0.25, 0.3) is 0 Å². The molecule has 0 aliphatic carbocycles. The Labute approximate surface area is 149 Å². The van der Waals surface area contributed by atoms with Crippen molar-refractivity contribution in [2.75, 3.05) is 18.1 Å². The standard InChI is InChI=1S/C18H17ClF2N2O2/c1-3-25-18(24)16-6-11-4-5-23(10(2)13(11)9-22-16)12-7-14(20)17(19)15(21)8-12/h6-10H,3-5H2,1-2H3. The summed E-state index contributed by atoms with van der Waals surface area (Å²) in [5.74, 6) is -2.03. The van der Waals surface area contributed by atoms with Crippen LogP contribution < -0.4 is 4.90 Å². The van der Waals surface area contributed by atoms with Gasteiger partial charge in [-0.15, -0.1) is 0 Å². The summed E-state index contributed by atoms with van der Waals surface area (Å²) in [7, 11) is 0. The minimum atomic E-state index is -0.787. The quantitative estimate of drug-likeness (QED) is 0.599. The number of ether oxygens (including phenoxy) is 1. The van der Waals surface area contributed by atoms with Gasteiger partial charge in [0, 0.05) is 18.4 Å². The van der Waals surface area contributed by atoms with E-state index in [2.05, 4.69) is 4.98 Å². The highest BCUT2D eigenvalue weighted by Crippen LogP contribution is 2.35. The number of halogens is 3. The third-order valence-electron chi connectivity index (χ3n) is 4.35. The molecule has 25 heavy (non-hydrogen) atoms.